The smallest absolute Gasteiger partial charge is 0.328 e. The van der Waals surface area contributed by atoms with Gasteiger partial charge in [-0.3, -0.25) is 24.6 Å². The number of primary amides is 1. The number of urea groups is 1. The highest BCUT2D eigenvalue weighted by atomic mass is 16.5. The Labute approximate surface area is 344 Å². The molecule has 1 aromatic heterocycles. The van der Waals surface area contributed by atoms with Crippen molar-refractivity contribution in [1.82, 2.24) is 24.9 Å². The van der Waals surface area contributed by atoms with Crippen LogP contribution in [0.25, 0.3) is 11.3 Å². The van der Waals surface area contributed by atoms with Gasteiger partial charge in [0.05, 0.1) is 6.04 Å². The van der Waals surface area contributed by atoms with Gasteiger partial charge in [0.15, 0.2) is 0 Å². The van der Waals surface area contributed by atoms with Crippen LogP contribution < -0.4 is 31.3 Å². The fourth-order valence-corrected chi connectivity index (χ4v) is 9.99. The molecule has 4 fully saturated rings. The number of rotatable bonds is 11. The van der Waals surface area contributed by atoms with Crippen LogP contribution in [0.4, 0.5) is 22.0 Å². The molecule has 14 heteroatoms. The second-order valence-electron chi connectivity index (χ2n) is 17.0. The average Bonchev–Trinajstić information content (AvgIpc) is 3.64. The van der Waals surface area contributed by atoms with Gasteiger partial charge in [-0.2, -0.15) is 5.10 Å². The van der Waals surface area contributed by atoms with Crippen molar-refractivity contribution in [3.8, 4) is 22.8 Å². The number of ether oxygens (including phenoxy) is 1. The molecule has 5 N–H and O–H groups in total. The van der Waals surface area contributed by atoms with Gasteiger partial charge in [-0.15, -0.1) is 0 Å². The van der Waals surface area contributed by atoms with E-state index in [1.165, 1.54) is 0 Å². The number of nitrogens with one attached hydrogen (secondary N) is 3. The van der Waals surface area contributed by atoms with Crippen molar-refractivity contribution in [3.63, 3.8) is 0 Å². The van der Waals surface area contributed by atoms with Crippen LogP contribution >= 0.6 is 0 Å². The molecule has 14 nitrogen and oxygen atoms in total. The number of piperidine rings is 1. The molecule has 5 amide bonds. The predicted molar refractivity (Wildman–Crippen MR) is 225 cm³/mol. The van der Waals surface area contributed by atoms with Crippen LogP contribution in [0.1, 0.15) is 74.2 Å². The minimum absolute atomic E-state index is 0.111. The van der Waals surface area contributed by atoms with Gasteiger partial charge in [-0.05, 0) is 111 Å². The zero-order valence-corrected chi connectivity index (χ0v) is 33.4. The summed E-state index contributed by atoms with van der Waals surface area (Å²) in [7, 11) is 0. The summed E-state index contributed by atoms with van der Waals surface area (Å²) in [5.74, 6) is 1.94. The lowest BCUT2D eigenvalue weighted by atomic mass is 9.67. The van der Waals surface area contributed by atoms with Crippen LogP contribution in [0.5, 0.6) is 11.5 Å². The van der Waals surface area contributed by atoms with Crippen LogP contribution in [-0.2, 0) is 9.59 Å². The molecule has 4 aromatic rings. The number of likely N-dealkylation sites (tertiary alicyclic amines) is 2. The van der Waals surface area contributed by atoms with Gasteiger partial charge in [0.1, 0.15) is 28.6 Å². The van der Waals surface area contributed by atoms with E-state index in [0.717, 1.165) is 107 Å². The minimum Gasteiger partial charge on any atom is -0.457 e. The number of carbonyl (C=O) groups excluding carboxylic acids is 4. The molecule has 59 heavy (non-hydrogen) atoms. The number of anilines is 3. The van der Waals surface area contributed by atoms with Crippen molar-refractivity contribution in [3.05, 3.63) is 84.4 Å². The standard InChI is InChI=1S/C45H53N9O5/c46-42(57)40-41(31-9-11-36(12-10-31)59-35-7-2-1-3-8-35)50-54-37(15-22-47-43(40)54)30-16-24-52(25-17-30)39(56)19-23-51-28-45(29-51)20-13-32(14-21-45)48-33-5-4-6-34(27-33)53-26-18-38(55)49-44(53)58/h1-12,27,30,32,37,47-48H,13-26,28-29H2,(H2,46,57)(H,49,55,58)/t37-/m0/s1. The van der Waals surface area contributed by atoms with E-state index >= 15 is 0 Å². The Bertz CT molecular complexity index is 2180. The van der Waals surface area contributed by atoms with Gasteiger partial charge in [0.25, 0.3) is 5.91 Å². The molecule has 0 bridgehead atoms. The van der Waals surface area contributed by atoms with E-state index in [2.05, 4.69) is 20.9 Å². The number of nitrogens with two attached hydrogens (primary N) is 1. The zero-order chi connectivity index (χ0) is 40.5. The largest absolute Gasteiger partial charge is 0.457 e. The lowest BCUT2D eigenvalue weighted by Gasteiger charge is -2.54. The maximum atomic E-state index is 13.4. The van der Waals surface area contributed by atoms with Gasteiger partial charge in [-0.25, -0.2) is 9.48 Å². The second kappa shape index (κ2) is 16.4. The van der Waals surface area contributed by atoms with E-state index in [1.807, 2.05) is 88.4 Å². The third-order valence-corrected chi connectivity index (χ3v) is 13.1. The zero-order valence-electron chi connectivity index (χ0n) is 33.4. The summed E-state index contributed by atoms with van der Waals surface area (Å²) >= 11 is 0. The van der Waals surface area contributed by atoms with E-state index < -0.39 is 5.91 Å². The van der Waals surface area contributed by atoms with E-state index in [-0.39, 0.29) is 23.9 Å². The summed E-state index contributed by atoms with van der Waals surface area (Å²) < 4.78 is 7.96. The molecule has 1 atom stereocenters. The van der Waals surface area contributed by atoms with E-state index in [0.29, 0.717) is 59.6 Å². The van der Waals surface area contributed by atoms with E-state index in [4.69, 9.17) is 15.6 Å². The second-order valence-corrected chi connectivity index (χ2v) is 17.0. The Morgan fingerprint density at radius 1 is 0.881 bits per heavy atom. The quantitative estimate of drug-likeness (QED) is 0.138. The Balaban J connectivity index is 0.732. The topological polar surface area (TPSA) is 167 Å². The fourth-order valence-electron chi connectivity index (χ4n) is 9.99. The summed E-state index contributed by atoms with van der Waals surface area (Å²) in [4.78, 5) is 56.3. The molecule has 1 saturated carbocycles. The number of imide groups is 1. The lowest BCUT2D eigenvalue weighted by Crippen LogP contribution is -2.58. The number of nitrogens with zero attached hydrogens (tertiary/aromatic N) is 5. The first-order chi connectivity index (χ1) is 28.7. The van der Waals surface area contributed by atoms with Crippen molar-refractivity contribution in [1.29, 1.82) is 0 Å². The van der Waals surface area contributed by atoms with Crippen molar-refractivity contribution < 1.29 is 23.9 Å². The van der Waals surface area contributed by atoms with Gasteiger partial charge in [-0.1, -0.05) is 24.3 Å². The summed E-state index contributed by atoms with van der Waals surface area (Å²) in [5.41, 5.74) is 9.86. The molecule has 9 rings (SSSR count). The van der Waals surface area contributed by atoms with Crippen molar-refractivity contribution in [2.75, 3.05) is 61.3 Å². The Kier molecular flexibility index (Phi) is 10.7. The van der Waals surface area contributed by atoms with Gasteiger partial charge >= 0.3 is 6.03 Å². The van der Waals surface area contributed by atoms with Crippen molar-refractivity contribution in [2.24, 2.45) is 17.1 Å². The fraction of sp³-hybridized carbons (Fsp3) is 0.444. The Morgan fingerprint density at radius 2 is 1.63 bits per heavy atom. The van der Waals surface area contributed by atoms with Gasteiger partial charge in [0.2, 0.25) is 11.8 Å². The van der Waals surface area contributed by atoms with E-state index in [1.54, 1.807) is 4.90 Å². The first-order valence-electron chi connectivity index (χ1n) is 21.2. The molecule has 308 valence electrons. The molecule has 1 spiro atoms. The summed E-state index contributed by atoms with van der Waals surface area (Å²) in [6.45, 7) is 5.48. The minimum atomic E-state index is -0.512. The van der Waals surface area contributed by atoms with Crippen LogP contribution in [0.15, 0.2) is 78.9 Å². The number of aromatic nitrogens is 2. The average molecular weight is 800 g/mol. The molecule has 0 radical (unpaired) electrons. The molecule has 5 heterocycles. The van der Waals surface area contributed by atoms with Crippen LogP contribution in [-0.4, -0.2) is 95.2 Å². The maximum absolute atomic E-state index is 13.4. The summed E-state index contributed by atoms with van der Waals surface area (Å²) in [6.07, 6.45) is 8.01. The van der Waals surface area contributed by atoms with E-state index in [9.17, 15) is 19.2 Å². The van der Waals surface area contributed by atoms with Gasteiger partial charge in [0, 0.05) is 81.6 Å². The van der Waals surface area contributed by atoms with Gasteiger partial charge < -0.3 is 30.9 Å². The SMILES string of the molecule is NC(=O)c1c(-c2ccc(Oc3ccccc3)cc2)nn2c1NCC[C@H]2C1CCN(C(=O)CCN2CC3(CCC(Nc4cccc(N5CCC(=O)NC5=O)c4)CC3)C2)CC1. The van der Waals surface area contributed by atoms with Crippen molar-refractivity contribution in [2.45, 2.75) is 69.9 Å². The Hall–Kier alpha value is -5.89. The number of para-hydroxylation sites is 1. The molecular weight excluding hydrogens is 747 g/mol. The number of amides is 5. The number of hydrogen-bond donors (Lipinski definition) is 4. The molecule has 3 saturated heterocycles. The van der Waals surface area contributed by atoms with Crippen molar-refractivity contribution >= 4 is 40.9 Å². The molecule has 5 aliphatic rings. The third-order valence-electron chi connectivity index (χ3n) is 13.1. The molecule has 1 aliphatic carbocycles. The molecule has 4 aliphatic heterocycles. The van der Waals surface area contributed by atoms with Crippen LogP contribution in [0, 0.1) is 11.3 Å². The third kappa shape index (κ3) is 8.23. The maximum Gasteiger partial charge on any atom is 0.328 e. The first-order valence-corrected chi connectivity index (χ1v) is 21.2. The normalized spacial score (nSPS) is 21.0. The monoisotopic (exact) mass is 799 g/mol. The highest BCUT2D eigenvalue weighted by Gasteiger charge is 2.45. The van der Waals surface area contributed by atoms with Crippen LogP contribution in [0.2, 0.25) is 0 Å². The number of fused-ring (bicyclic) bond motifs is 1. The molecular formula is C45H53N9O5. The number of hydrogen-bond acceptors (Lipinski definition) is 9. The molecule has 3 aromatic carbocycles. The number of carbonyl (C=O) groups is 4. The lowest BCUT2D eigenvalue weighted by molar-refractivity contribution is -0.134. The highest BCUT2D eigenvalue weighted by molar-refractivity contribution is 6.06. The predicted octanol–water partition coefficient (Wildman–Crippen LogP) is 6.23. The number of benzene rings is 3. The highest BCUT2D eigenvalue weighted by Crippen LogP contribution is 2.45. The summed E-state index contributed by atoms with van der Waals surface area (Å²) in [6, 6.07) is 25.2. The summed E-state index contributed by atoms with van der Waals surface area (Å²) in [5, 5.41) is 14.5. The molecule has 0 unspecified atom stereocenters. The van der Waals surface area contributed by atoms with Crippen LogP contribution in [0.3, 0.4) is 0 Å². The Morgan fingerprint density at radius 3 is 2.36 bits per heavy atom. The first kappa shape index (κ1) is 38.6.